The molecule has 1 aromatic carbocycles. The molecule has 23 nitrogen and oxygen atoms in total. The number of aromatic nitrogens is 1. The first-order valence-electron chi connectivity index (χ1n) is 25.0. The standard InChI is InChI=1S/C49H74N10O13S/c1-7-25(2)40-45(69)52-20-38(64)53-34-24-73-47-30(29-13-12-28(17-31(29)56-47)72-15-11-9-8-10-14-49(4,5)6)18-32(42(66)51-21-39(65)57-40)54-46(70)41(26(3)36(62)23-60)58-44(68)35-16-27(61)22-59(35)48(71)33(19-37(50)63)55-43(34)67/h12-13,17,25-27,32-36,40-41,56,60-62H,7-11,14-16,18-24H2,1-6H3,(H2,50,63)(H,51,66)(H,52,69)(H,53,64)(H,54,70)(H,55,67)(H,57,65)(H,58,68)/t25-,26-,27+,32-,33-,34-,35-,36-,40-,41-/m0/s1. The fraction of sp³-hybridized carbons (Fsp3) is 0.653. The van der Waals surface area contributed by atoms with Gasteiger partial charge in [-0.25, -0.2) is 0 Å². The highest BCUT2D eigenvalue weighted by Crippen LogP contribution is 2.34. The number of nitrogens with zero attached hydrogens (tertiary/aromatic N) is 1. The largest absolute Gasteiger partial charge is 0.494 e. The van der Waals surface area contributed by atoms with Crippen LogP contribution in [0.5, 0.6) is 5.75 Å². The highest BCUT2D eigenvalue weighted by Gasteiger charge is 2.45. The minimum atomic E-state index is -1.74. The Bertz CT molecular complexity index is 2340. The van der Waals surface area contributed by atoms with Crippen LogP contribution in [0.3, 0.4) is 0 Å². The average molecular weight is 1040 g/mol. The van der Waals surface area contributed by atoms with Gasteiger partial charge in [0.2, 0.25) is 53.2 Å². The molecule has 404 valence electrons. The number of hydrogen-bond donors (Lipinski definition) is 12. The molecular weight excluding hydrogens is 969 g/mol. The van der Waals surface area contributed by atoms with E-state index in [2.05, 4.69) is 63.0 Å². The summed E-state index contributed by atoms with van der Waals surface area (Å²) in [5, 5.41) is 50.5. The predicted molar refractivity (Wildman–Crippen MR) is 268 cm³/mol. The summed E-state index contributed by atoms with van der Waals surface area (Å²) in [6.45, 7) is 9.26. The topological polar surface area (TPSA) is 353 Å². The van der Waals surface area contributed by atoms with Crippen molar-refractivity contribution in [2.45, 2.75) is 153 Å². The number of fused-ring (bicyclic) bond motifs is 5. The minimum absolute atomic E-state index is 0.252. The number of amides is 9. The van der Waals surface area contributed by atoms with Gasteiger partial charge in [0.1, 0.15) is 42.0 Å². The Kier molecular flexibility index (Phi) is 20.9. The van der Waals surface area contributed by atoms with E-state index < -0.39 is 146 Å². The molecule has 9 amide bonds. The van der Waals surface area contributed by atoms with Gasteiger partial charge < -0.3 is 72.9 Å². The molecule has 3 aliphatic heterocycles. The van der Waals surface area contributed by atoms with E-state index in [4.69, 9.17) is 10.5 Å². The maximum absolute atomic E-state index is 14.6. The number of ether oxygens (including phenoxy) is 1. The van der Waals surface area contributed by atoms with Crippen LogP contribution in [0.25, 0.3) is 10.9 Å². The van der Waals surface area contributed by atoms with Crippen LogP contribution in [0.1, 0.15) is 98.5 Å². The van der Waals surface area contributed by atoms with E-state index in [9.17, 15) is 58.5 Å². The maximum Gasteiger partial charge on any atom is 0.246 e. The monoisotopic (exact) mass is 1040 g/mol. The Hall–Kier alpha value is -5.98. The van der Waals surface area contributed by atoms with Crippen LogP contribution in [-0.2, 0) is 49.6 Å². The molecule has 2 bridgehead atoms. The van der Waals surface area contributed by atoms with Gasteiger partial charge in [-0.2, -0.15) is 0 Å². The Balaban J connectivity index is 1.65. The second kappa shape index (κ2) is 26.3. The van der Waals surface area contributed by atoms with Gasteiger partial charge in [-0.15, -0.1) is 11.8 Å². The Morgan fingerprint density at radius 1 is 0.849 bits per heavy atom. The number of carbonyl (C=O) groups excluding carboxylic acids is 9. The van der Waals surface area contributed by atoms with Crippen LogP contribution < -0.4 is 47.7 Å². The van der Waals surface area contributed by atoms with Crippen LogP contribution >= 0.6 is 11.8 Å². The molecule has 10 atom stereocenters. The molecule has 13 N–H and O–H groups in total. The SMILES string of the molecule is CC[C@H](C)[C@@H]1NC(=O)CNC(=O)[C@@H]2Cc3c([nH]c4cc(OCCCCCCC(C)(C)C)ccc34)SC[C@H](NC(=O)CNC1=O)C(=O)N[C@@H](CC(N)=O)C(=O)N1C[C@H](O)C[C@H]1C(=O)N[C@@H]([C@@H](C)[C@@H](O)CO)C(=O)N2. The van der Waals surface area contributed by atoms with Crippen LogP contribution in [-0.4, -0.2) is 165 Å². The molecule has 3 aliphatic rings. The lowest BCUT2D eigenvalue weighted by atomic mass is 9.89. The van der Waals surface area contributed by atoms with Gasteiger partial charge in [-0.05, 0) is 41.9 Å². The smallest absolute Gasteiger partial charge is 0.246 e. The van der Waals surface area contributed by atoms with Crippen molar-refractivity contribution in [2.75, 3.05) is 38.6 Å². The van der Waals surface area contributed by atoms with Crippen molar-refractivity contribution >= 4 is 75.8 Å². The number of aliphatic hydroxyl groups is 3. The lowest BCUT2D eigenvalue weighted by Gasteiger charge is -2.32. The Morgan fingerprint density at radius 2 is 1.53 bits per heavy atom. The Morgan fingerprint density at radius 3 is 2.21 bits per heavy atom. The molecule has 5 rings (SSSR count). The minimum Gasteiger partial charge on any atom is -0.494 e. The van der Waals surface area contributed by atoms with Crippen LogP contribution in [0.2, 0.25) is 0 Å². The summed E-state index contributed by atoms with van der Waals surface area (Å²) in [6, 6.07) is -3.96. The van der Waals surface area contributed by atoms with E-state index in [1.54, 1.807) is 32.0 Å². The zero-order valence-corrected chi connectivity index (χ0v) is 43.3. The van der Waals surface area contributed by atoms with Crippen LogP contribution in [0.15, 0.2) is 23.2 Å². The van der Waals surface area contributed by atoms with Gasteiger partial charge in [0.25, 0.3) is 0 Å². The summed E-state index contributed by atoms with van der Waals surface area (Å²) in [4.78, 5) is 130. The number of nitrogens with one attached hydrogen (secondary N) is 8. The summed E-state index contributed by atoms with van der Waals surface area (Å²) in [5.74, 6) is -9.77. The average Bonchev–Trinajstić information content (AvgIpc) is 3.90. The zero-order valence-electron chi connectivity index (χ0n) is 42.5. The first-order chi connectivity index (χ1) is 34.5. The molecule has 0 saturated carbocycles. The summed E-state index contributed by atoms with van der Waals surface area (Å²) in [5.41, 5.74) is 6.77. The van der Waals surface area contributed by atoms with Crippen LogP contribution in [0.4, 0.5) is 0 Å². The number of primary amides is 1. The zero-order chi connectivity index (χ0) is 53.7. The second-order valence-corrected chi connectivity index (χ2v) is 21.5. The quantitative estimate of drug-likeness (QED) is 0.0983. The fourth-order valence-electron chi connectivity index (χ4n) is 8.94. The van der Waals surface area contributed by atoms with E-state index in [0.29, 0.717) is 40.3 Å². The third-order valence-corrected chi connectivity index (χ3v) is 14.6. The van der Waals surface area contributed by atoms with E-state index in [-0.39, 0.29) is 24.0 Å². The van der Waals surface area contributed by atoms with E-state index in [1.165, 1.54) is 6.92 Å². The molecule has 0 aliphatic carbocycles. The van der Waals surface area contributed by atoms with Gasteiger partial charge in [0.05, 0.1) is 55.5 Å². The molecule has 0 unspecified atom stereocenters. The first-order valence-corrected chi connectivity index (χ1v) is 26.0. The number of hydrogen-bond acceptors (Lipinski definition) is 14. The van der Waals surface area contributed by atoms with Crippen molar-refractivity contribution in [1.29, 1.82) is 0 Å². The molecule has 1 fully saturated rings. The molecule has 24 heteroatoms. The number of aromatic amines is 1. The van der Waals surface area contributed by atoms with Crippen molar-refractivity contribution in [1.82, 2.24) is 47.1 Å². The van der Waals surface area contributed by atoms with Crippen LogP contribution in [0, 0.1) is 17.3 Å². The highest BCUT2D eigenvalue weighted by molar-refractivity contribution is 7.99. The number of aliphatic hydroxyl groups excluding tert-OH is 3. The van der Waals surface area contributed by atoms with Crippen molar-refractivity contribution in [3.8, 4) is 5.75 Å². The molecule has 4 heterocycles. The first kappa shape index (κ1) is 57.9. The van der Waals surface area contributed by atoms with E-state index in [1.807, 2.05) is 0 Å². The highest BCUT2D eigenvalue weighted by atomic mass is 32.2. The second-order valence-electron chi connectivity index (χ2n) is 20.5. The molecule has 2 aromatic rings. The molecular formula is C49H74N10O13S. The molecule has 0 radical (unpaired) electrons. The van der Waals surface area contributed by atoms with Crippen molar-refractivity contribution in [3.63, 3.8) is 0 Å². The van der Waals surface area contributed by atoms with Gasteiger partial charge >= 0.3 is 0 Å². The van der Waals surface area contributed by atoms with Gasteiger partial charge in [-0.3, -0.25) is 43.2 Å². The number of thioether (sulfide) groups is 1. The lowest BCUT2D eigenvalue weighted by molar-refractivity contribution is -0.144. The number of H-pyrrole nitrogens is 1. The maximum atomic E-state index is 14.6. The summed E-state index contributed by atoms with van der Waals surface area (Å²) < 4.78 is 6.15. The number of rotatable bonds is 14. The predicted octanol–water partition coefficient (Wildman–Crippen LogP) is -1.27. The number of nitrogens with two attached hydrogens (primary N) is 1. The molecule has 73 heavy (non-hydrogen) atoms. The normalized spacial score (nSPS) is 25.7. The molecule has 1 aromatic heterocycles. The molecule has 0 spiro atoms. The summed E-state index contributed by atoms with van der Waals surface area (Å²) in [7, 11) is 0. The number of benzene rings is 1. The lowest BCUT2D eigenvalue weighted by Crippen LogP contribution is -2.62. The van der Waals surface area contributed by atoms with Gasteiger partial charge in [0.15, 0.2) is 0 Å². The third kappa shape index (κ3) is 16.3. The third-order valence-electron chi connectivity index (χ3n) is 13.5. The van der Waals surface area contributed by atoms with Crippen molar-refractivity contribution in [3.05, 3.63) is 23.8 Å². The summed E-state index contributed by atoms with van der Waals surface area (Å²) >= 11 is 1.02. The van der Waals surface area contributed by atoms with E-state index in [0.717, 1.165) is 48.8 Å². The van der Waals surface area contributed by atoms with Gasteiger partial charge in [-0.1, -0.05) is 67.2 Å². The fourth-order valence-corrected chi connectivity index (χ4v) is 10.1. The van der Waals surface area contributed by atoms with Crippen molar-refractivity contribution < 1.29 is 63.2 Å². The Labute approximate surface area is 428 Å². The number of carbonyl (C=O) groups is 9. The van der Waals surface area contributed by atoms with Crippen molar-refractivity contribution in [2.24, 2.45) is 23.0 Å². The van der Waals surface area contributed by atoms with E-state index >= 15 is 0 Å². The molecule has 1 saturated heterocycles. The van der Waals surface area contributed by atoms with Gasteiger partial charge in [0, 0.05) is 42.5 Å². The summed E-state index contributed by atoms with van der Waals surface area (Å²) in [6.07, 6.45) is 1.13. The number of unbranched alkanes of at least 4 members (excludes halogenated alkanes) is 3.